The molecule has 1 N–H and O–H groups in total. The molecule has 1 aliphatic carbocycles. The smallest absolute Gasteiger partial charge is 0.0774 e. The number of hydrogen-bond donors (Lipinski definition) is 1. The largest absolute Gasteiger partial charge is 0.373 e. The second-order valence-electron chi connectivity index (χ2n) is 6.75. The van der Waals surface area contributed by atoms with Gasteiger partial charge < -0.3 is 10.1 Å². The van der Waals surface area contributed by atoms with Crippen LogP contribution < -0.4 is 5.32 Å². The number of nitrogens with one attached hydrogen (secondary N) is 1. The molecule has 1 heterocycles. The molecule has 3 unspecified atom stereocenters. The van der Waals surface area contributed by atoms with Crippen molar-refractivity contribution < 1.29 is 4.74 Å². The van der Waals surface area contributed by atoms with Crippen LogP contribution in [0.2, 0.25) is 0 Å². The Morgan fingerprint density at radius 2 is 2.00 bits per heavy atom. The Kier molecular flexibility index (Phi) is 4.97. The summed E-state index contributed by atoms with van der Waals surface area (Å²) in [7, 11) is 0. The maximum Gasteiger partial charge on any atom is 0.0774 e. The molecule has 2 nitrogen and oxygen atoms in total. The van der Waals surface area contributed by atoms with E-state index in [2.05, 4.69) is 43.4 Å². The molecule has 0 radical (unpaired) electrons. The first-order valence-corrected chi connectivity index (χ1v) is 8.77. The van der Waals surface area contributed by atoms with E-state index in [9.17, 15) is 0 Å². The lowest BCUT2D eigenvalue weighted by Crippen LogP contribution is -2.34. The van der Waals surface area contributed by atoms with Gasteiger partial charge in [0.2, 0.25) is 0 Å². The molecule has 1 saturated heterocycles. The third-order valence-electron chi connectivity index (χ3n) is 5.13. The summed E-state index contributed by atoms with van der Waals surface area (Å²) in [6.07, 6.45) is 8.42. The van der Waals surface area contributed by atoms with Crippen LogP contribution in [0.3, 0.4) is 0 Å². The van der Waals surface area contributed by atoms with E-state index in [-0.39, 0.29) is 0 Å². The van der Waals surface area contributed by atoms with E-state index in [0.29, 0.717) is 18.2 Å². The minimum Gasteiger partial charge on any atom is -0.373 e. The van der Waals surface area contributed by atoms with E-state index in [1.54, 1.807) is 5.56 Å². The van der Waals surface area contributed by atoms with Crippen LogP contribution in [0.4, 0.5) is 0 Å². The Labute approximate surface area is 129 Å². The van der Waals surface area contributed by atoms with Crippen molar-refractivity contribution >= 4 is 0 Å². The first kappa shape index (κ1) is 15.1. The fourth-order valence-corrected chi connectivity index (χ4v) is 3.71. The summed E-state index contributed by atoms with van der Waals surface area (Å²) in [6, 6.07) is 9.43. The van der Waals surface area contributed by atoms with E-state index < -0.39 is 0 Å². The quantitative estimate of drug-likeness (QED) is 0.828. The SMILES string of the molecule is CCCNC(c1ccccc1C1CCC1)C1CCC(C)O1. The lowest BCUT2D eigenvalue weighted by molar-refractivity contribution is 0.0313. The molecule has 1 aliphatic heterocycles. The minimum absolute atomic E-state index is 0.341. The molecule has 116 valence electrons. The van der Waals surface area contributed by atoms with E-state index in [1.807, 2.05) is 0 Å². The summed E-state index contributed by atoms with van der Waals surface area (Å²) in [5.41, 5.74) is 3.07. The van der Waals surface area contributed by atoms with Gasteiger partial charge in [-0.25, -0.2) is 0 Å². The molecule has 1 aromatic carbocycles. The highest BCUT2D eigenvalue weighted by atomic mass is 16.5. The van der Waals surface area contributed by atoms with Gasteiger partial charge in [-0.05, 0) is 62.6 Å². The molecule has 2 fully saturated rings. The summed E-state index contributed by atoms with van der Waals surface area (Å²) in [4.78, 5) is 0. The second-order valence-corrected chi connectivity index (χ2v) is 6.75. The lowest BCUT2D eigenvalue weighted by Gasteiger charge is -2.33. The van der Waals surface area contributed by atoms with Crippen LogP contribution in [0.1, 0.15) is 75.5 Å². The lowest BCUT2D eigenvalue weighted by atomic mass is 9.76. The number of ether oxygens (including phenoxy) is 1. The summed E-state index contributed by atoms with van der Waals surface area (Å²) >= 11 is 0. The molecule has 0 aromatic heterocycles. The average Bonchev–Trinajstić information content (AvgIpc) is 2.85. The second kappa shape index (κ2) is 6.93. The van der Waals surface area contributed by atoms with Gasteiger partial charge in [0.25, 0.3) is 0 Å². The van der Waals surface area contributed by atoms with E-state index in [4.69, 9.17) is 4.74 Å². The standard InChI is InChI=1S/C19H29NO/c1-3-13-20-19(18-12-11-14(2)21-18)17-10-5-4-9-16(17)15-7-6-8-15/h4-5,9-10,14-15,18-20H,3,6-8,11-13H2,1-2H3. The van der Waals surface area contributed by atoms with Crippen molar-refractivity contribution in [1.82, 2.24) is 5.32 Å². The third-order valence-corrected chi connectivity index (χ3v) is 5.13. The predicted octanol–water partition coefficient (Wildman–Crippen LogP) is 4.56. The first-order valence-electron chi connectivity index (χ1n) is 8.77. The van der Waals surface area contributed by atoms with Crippen molar-refractivity contribution in [2.24, 2.45) is 0 Å². The molecule has 3 atom stereocenters. The van der Waals surface area contributed by atoms with Crippen LogP contribution in [0.15, 0.2) is 24.3 Å². The van der Waals surface area contributed by atoms with Crippen molar-refractivity contribution in [3.63, 3.8) is 0 Å². The Morgan fingerprint density at radius 3 is 2.62 bits per heavy atom. The van der Waals surface area contributed by atoms with Gasteiger partial charge in [0.05, 0.1) is 18.2 Å². The Balaban J connectivity index is 1.84. The van der Waals surface area contributed by atoms with Crippen LogP contribution in [0.5, 0.6) is 0 Å². The Morgan fingerprint density at radius 1 is 1.19 bits per heavy atom. The molecule has 2 aliphatic rings. The van der Waals surface area contributed by atoms with Crippen molar-refractivity contribution in [3.05, 3.63) is 35.4 Å². The topological polar surface area (TPSA) is 21.3 Å². The predicted molar refractivity (Wildman–Crippen MR) is 87.6 cm³/mol. The molecule has 0 spiro atoms. The molecule has 0 bridgehead atoms. The van der Waals surface area contributed by atoms with Crippen LogP contribution in [-0.2, 0) is 4.74 Å². The number of hydrogen-bond acceptors (Lipinski definition) is 2. The zero-order chi connectivity index (χ0) is 14.7. The number of benzene rings is 1. The van der Waals surface area contributed by atoms with Gasteiger partial charge >= 0.3 is 0 Å². The van der Waals surface area contributed by atoms with Gasteiger partial charge in [-0.3, -0.25) is 0 Å². The molecule has 1 saturated carbocycles. The van der Waals surface area contributed by atoms with E-state index in [0.717, 1.165) is 12.5 Å². The normalized spacial score (nSPS) is 27.5. The third kappa shape index (κ3) is 3.32. The van der Waals surface area contributed by atoms with Gasteiger partial charge in [0.1, 0.15) is 0 Å². The van der Waals surface area contributed by atoms with Gasteiger partial charge in [0.15, 0.2) is 0 Å². The van der Waals surface area contributed by atoms with Crippen molar-refractivity contribution in [1.29, 1.82) is 0 Å². The molecule has 21 heavy (non-hydrogen) atoms. The van der Waals surface area contributed by atoms with Gasteiger partial charge in [-0.15, -0.1) is 0 Å². The molecular weight excluding hydrogens is 258 g/mol. The summed E-state index contributed by atoms with van der Waals surface area (Å²) < 4.78 is 6.20. The van der Waals surface area contributed by atoms with Gasteiger partial charge in [-0.1, -0.05) is 37.6 Å². The van der Waals surface area contributed by atoms with Crippen molar-refractivity contribution in [2.75, 3.05) is 6.54 Å². The van der Waals surface area contributed by atoms with Crippen LogP contribution in [0, 0.1) is 0 Å². The summed E-state index contributed by atoms with van der Waals surface area (Å²) in [5.74, 6) is 0.783. The van der Waals surface area contributed by atoms with Crippen LogP contribution in [0.25, 0.3) is 0 Å². The maximum atomic E-state index is 6.20. The molecule has 0 amide bonds. The van der Waals surface area contributed by atoms with E-state index >= 15 is 0 Å². The zero-order valence-corrected chi connectivity index (χ0v) is 13.5. The average molecular weight is 287 g/mol. The van der Waals surface area contributed by atoms with Crippen molar-refractivity contribution in [2.45, 2.75) is 76.5 Å². The fourth-order valence-electron chi connectivity index (χ4n) is 3.71. The molecule has 3 rings (SSSR count). The monoisotopic (exact) mass is 287 g/mol. The highest BCUT2D eigenvalue weighted by molar-refractivity contribution is 5.35. The Bertz CT molecular complexity index is 455. The molecule has 1 aromatic rings. The zero-order valence-electron chi connectivity index (χ0n) is 13.5. The number of rotatable bonds is 6. The molecular formula is C19H29NO. The summed E-state index contributed by atoms with van der Waals surface area (Å²) in [6.45, 7) is 5.51. The highest BCUT2D eigenvalue weighted by Gasteiger charge is 2.33. The Hall–Kier alpha value is -0.860. The van der Waals surface area contributed by atoms with Gasteiger partial charge in [0, 0.05) is 0 Å². The fraction of sp³-hybridized carbons (Fsp3) is 0.684. The van der Waals surface area contributed by atoms with E-state index in [1.165, 1.54) is 44.1 Å². The molecule has 2 heteroatoms. The van der Waals surface area contributed by atoms with Crippen molar-refractivity contribution in [3.8, 4) is 0 Å². The summed E-state index contributed by atoms with van der Waals surface area (Å²) in [5, 5.41) is 3.77. The van der Waals surface area contributed by atoms with Gasteiger partial charge in [-0.2, -0.15) is 0 Å². The maximum absolute atomic E-state index is 6.20. The van der Waals surface area contributed by atoms with Crippen LogP contribution >= 0.6 is 0 Å². The minimum atomic E-state index is 0.341. The highest BCUT2D eigenvalue weighted by Crippen LogP contribution is 2.41. The first-order chi connectivity index (χ1) is 10.3. The van der Waals surface area contributed by atoms with Crippen LogP contribution in [-0.4, -0.2) is 18.8 Å².